The van der Waals surface area contributed by atoms with Crippen LogP contribution in [-0.4, -0.2) is 31.1 Å². The number of benzene rings is 2. The van der Waals surface area contributed by atoms with E-state index in [1.165, 1.54) is 0 Å². The molecule has 29 heavy (non-hydrogen) atoms. The van der Waals surface area contributed by atoms with E-state index in [-0.39, 0.29) is 24.3 Å². The average molecular weight is 398 g/mol. The van der Waals surface area contributed by atoms with E-state index in [0.29, 0.717) is 30.9 Å². The number of nitrogens with one attached hydrogen (secondary N) is 1. The summed E-state index contributed by atoms with van der Waals surface area (Å²) in [5.74, 6) is 0.262. The summed E-state index contributed by atoms with van der Waals surface area (Å²) in [5, 5.41) is 3.05. The molecule has 5 heteroatoms. The van der Waals surface area contributed by atoms with E-state index in [1.54, 1.807) is 13.0 Å². The molecule has 1 amide bonds. The van der Waals surface area contributed by atoms with Gasteiger partial charge in [-0.15, -0.1) is 0 Å². The standard InChI is InChI=1S/C24H31NO4/c1-4-6-15-29-22-10-8-7-9-21(22)24(27)25-18(3)16-19-11-13-20(14-12-19)17-23(26)28-5-2/h7-14,18H,4-6,15-17H2,1-3H3,(H,25,27). The van der Waals surface area contributed by atoms with E-state index in [9.17, 15) is 9.59 Å². The Labute approximate surface area is 173 Å². The minimum Gasteiger partial charge on any atom is -0.493 e. The first kappa shape index (κ1) is 22.5. The van der Waals surface area contributed by atoms with E-state index in [2.05, 4.69) is 12.2 Å². The largest absolute Gasteiger partial charge is 0.493 e. The molecule has 0 bridgehead atoms. The van der Waals surface area contributed by atoms with Crippen LogP contribution in [0.2, 0.25) is 0 Å². The van der Waals surface area contributed by atoms with Crippen molar-refractivity contribution in [3.05, 3.63) is 65.2 Å². The SMILES string of the molecule is CCCCOc1ccccc1C(=O)NC(C)Cc1ccc(CC(=O)OCC)cc1. The van der Waals surface area contributed by atoms with Gasteiger partial charge in [-0.2, -0.15) is 0 Å². The Morgan fingerprint density at radius 3 is 2.38 bits per heavy atom. The Balaban J connectivity index is 1.91. The van der Waals surface area contributed by atoms with Gasteiger partial charge in [0.25, 0.3) is 5.91 Å². The van der Waals surface area contributed by atoms with Crippen molar-refractivity contribution in [1.29, 1.82) is 0 Å². The molecule has 0 aromatic heterocycles. The molecule has 2 aromatic rings. The number of carbonyl (C=O) groups is 2. The molecule has 0 aliphatic rings. The number of para-hydroxylation sites is 1. The molecule has 1 atom stereocenters. The van der Waals surface area contributed by atoms with Gasteiger partial charge in [0.15, 0.2) is 0 Å². The number of amides is 1. The summed E-state index contributed by atoms with van der Waals surface area (Å²) in [7, 11) is 0. The maximum atomic E-state index is 12.7. The lowest BCUT2D eigenvalue weighted by atomic mass is 10.0. The van der Waals surface area contributed by atoms with Crippen molar-refractivity contribution >= 4 is 11.9 Å². The summed E-state index contributed by atoms with van der Waals surface area (Å²) in [6.45, 7) is 6.87. The van der Waals surface area contributed by atoms with Crippen LogP contribution in [0.1, 0.15) is 55.1 Å². The highest BCUT2D eigenvalue weighted by Crippen LogP contribution is 2.19. The zero-order chi connectivity index (χ0) is 21.1. The van der Waals surface area contributed by atoms with Crippen LogP contribution in [-0.2, 0) is 22.4 Å². The van der Waals surface area contributed by atoms with E-state index < -0.39 is 0 Å². The fraction of sp³-hybridized carbons (Fsp3) is 0.417. The van der Waals surface area contributed by atoms with Crippen LogP contribution in [0.5, 0.6) is 5.75 Å². The van der Waals surface area contributed by atoms with Crippen LogP contribution in [0, 0.1) is 0 Å². The number of hydrogen-bond acceptors (Lipinski definition) is 4. The normalized spacial score (nSPS) is 11.6. The molecule has 0 aliphatic heterocycles. The molecule has 2 rings (SSSR count). The summed E-state index contributed by atoms with van der Waals surface area (Å²) in [6.07, 6.45) is 2.97. The van der Waals surface area contributed by atoms with Crippen molar-refractivity contribution in [2.45, 2.75) is 52.5 Å². The second-order valence-electron chi connectivity index (χ2n) is 7.08. The first-order chi connectivity index (χ1) is 14.0. The number of hydrogen-bond donors (Lipinski definition) is 1. The third-order valence-electron chi connectivity index (χ3n) is 4.48. The van der Waals surface area contributed by atoms with Crippen molar-refractivity contribution in [2.24, 2.45) is 0 Å². The molecular weight excluding hydrogens is 366 g/mol. The van der Waals surface area contributed by atoms with Gasteiger partial charge in [0, 0.05) is 6.04 Å². The summed E-state index contributed by atoms with van der Waals surface area (Å²) >= 11 is 0. The van der Waals surface area contributed by atoms with Crippen molar-refractivity contribution in [2.75, 3.05) is 13.2 Å². The predicted octanol–water partition coefficient (Wildman–Crippen LogP) is 4.33. The molecule has 0 saturated carbocycles. The monoisotopic (exact) mass is 397 g/mol. The number of ether oxygens (including phenoxy) is 2. The van der Waals surface area contributed by atoms with Gasteiger partial charge in [0.1, 0.15) is 5.75 Å². The minimum atomic E-state index is -0.222. The van der Waals surface area contributed by atoms with Gasteiger partial charge < -0.3 is 14.8 Å². The van der Waals surface area contributed by atoms with Gasteiger partial charge in [-0.25, -0.2) is 0 Å². The minimum absolute atomic E-state index is 0.0397. The van der Waals surface area contributed by atoms with Gasteiger partial charge in [0.05, 0.1) is 25.2 Å². The second kappa shape index (κ2) is 11.9. The van der Waals surface area contributed by atoms with Crippen LogP contribution in [0.3, 0.4) is 0 Å². The summed E-state index contributed by atoms with van der Waals surface area (Å²) in [4.78, 5) is 24.3. The van der Waals surface area contributed by atoms with Crippen LogP contribution in [0.15, 0.2) is 48.5 Å². The summed E-state index contributed by atoms with van der Waals surface area (Å²) in [6, 6.07) is 15.1. The third-order valence-corrected chi connectivity index (χ3v) is 4.48. The van der Waals surface area contributed by atoms with Gasteiger partial charge in [-0.05, 0) is 49.9 Å². The Kier molecular flexibility index (Phi) is 9.22. The lowest BCUT2D eigenvalue weighted by molar-refractivity contribution is -0.142. The number of esters is 1. The first-order valence-electron chi connectivity index (χ1n) is 10.3. The van der Waals surface area contributed by atoms with Crippen LogP contribution >= 0.6 is 0 Å². The van der Waals surface area contributed by atoms with E-state index in [0.717, 1.165) is 24.0 Å². The lowest BCUT2D eigenvalue weighted by Crippen LogP contribution is -2.34. The van der Waals surface area contributed by atoms with Crippen molar-refractivity contribution < 1.29 is 19.1 Å². The summed E-state index contributed by atoms with van der Waals surface area (Å²) in [5.41, 5.74) is 2.57. The quantitative estimate of drug-likeness (QED) is 0.453. The van der Waals surface area contributed by atoms with Gasteiger partial charge in [0.2, 0.25) is 0 Å². The molecule has 0 radical (unpaired) electrons. The number of unbranched alkanes of at least 4 members (excludes halogenated alkanes) is 1. The molecule has 0 heterocycles. The fourth-order valence-corrected chi connectivity index (χ4v) is 2.98. The molecule has 2 aromatic carbocycles. The molecule has 0 saturated heterocycles. The molecule has 1 unspecified atom stereocenters. The number of rotatable bonds is 11. The zero-order valence-corrected chi connectivity index (χ0v) is 17.6. The van der Waals surface area contributed by atoms with Crippen LogP contribution in [0.4, 0.5) is 0 Å². The van der Waals surface area contributed by atoms with E-state index in [1.807, 2.05) is 49.4 Å². The Morgan fingerprint density at radius 2 is 1.69 bits per heavy atom. The summed E-state index contributed by atoms with van der Waals surface area (Å²) < 4.78 is 10.7. The topological polar surface area (TPSA) is 64.6 Å². The maximum Gasteiger partial charge on any atom is 0.310 e. The van der Waals surface area contributed by atoms with Gasteiger partial charge >= 0.3 is 5.97 Å². The number of carbonyl (C=O) groups excluding carboxylic acids is 2. The second-order valence-corrected chi connectivity index (χ2v) is 7.08. The molecule has 5 nitrogen and oxygen atoms in total. The first-order valence-corrected chi connectivity index (χ1v) is 10.3. The van der Waals surface area contributed by atoms with Crippen LogP contribution < -0.4 is 10.1 Å². The van der Waals surface area contributed by atoms with E-state index in [4.69, 9.17) is 9.47 Å². The molecule has 0 spiro atoms. The highest BCUT2D eigenvalue weighted by molar-refractivity contribution is 5.97. The van der Waals surface area contributed by atoms with Crippen molar-refractivity contribution in [1.82, 2.24) is 5.32 Å². The lowest BCUT2D eigenvalue weighted by Gasteiger charge is -2.16. The van der Waals surface area contributed by atoms with Gasteiger partial charge in [-0.1, -0.05) is 49.7 Å². The maximum absolute atomic E-state index is 12.7. The third kappa shape index (κ3) is 7.60. The molecule has 156 valence electrons. The molecule has 0 aliphatic carbocycles. The van der Waals surface area contributed by atoms with Gasteiger partial charge in [-0.3, -0.25) is 9.59 Å². The van der Waals surface area contributed by atoms with E-state index >= 15 is 0 Å². The molecular formula is C24H31NO4. The molecule has 0 fully saturated rings. The van der Waals surface area contributed by atoms with Crippen molar-refractivity contribution in [3.63, 3.8) is 0 Å². The Bertz CT molecular complexity index is 786. The average Bonchev–Trinajstić information content (AvgIpc) is 2.70. The Morgan fingerprint density at radius 1 is 1.00 bits per heavy atom. The highest BCUT2D eigenvalue weighted by atomic mass is 16.5. The smallest absolute Gasteiger partial charge is 0.310 e. The predicted molar refractivity (Wildman–Crippen MR) is 114 cm³/mol. The van der Waals surface area contributed by atoms with Crippen molar-refractivity contribution in [3.8, 4) is 5.75 Å². The Hall–Kier alpha value is -2.82. The molecule has 1 N–H and O–H groups in total. The zero-order valence-electron chi connectivity index (χ0n) is 17.6. The highest BCUT2D eigenvalue weighted by Gasteiger charge is 2.15. The fourth-order valence-electron chi connectivity index (χ4n) is 2.98. The van der Waals surface area contributed by atoms with Crippen LogP contribution in [0.25, 0.3) is 0 Å².